The molecule has 2 aliphatic rings. The zero-order valence-corrected chi connectivity index (χ0v) is 17.1. The Hall–Kier alpha value is -2.69. The molecule has 0 spiro atoms. The van der Waals surface area contributed by atoms with Crippen molar-refractivity contribution >= 4 is 5.78 Å². The summed E-state index contributed by atoms with van der Waals surface area (Å²) < 4.78 is 0. The van der Waals surface area contributed by atoms with Gasteiger partial charge in [0, 0.05) is 35.1 Å². The molecule has 30 heavy (non-hydrogen) atoms. The lowest BCUT2D eigenvalue weighted by Gasteiger charge is -2.34. The third-order valence-electron chi connectivity index (χ3n) is 7.05. The molecule has 5 heteroatoms. The van der Waals surface area contributed by atoms with Crippen LogP contribution in [0.1, 0.15) is 74.3 Å². The highest BCUT2D eigenvalue weighted by Gasteiger charge is 2.37. The second-order valence-electron chi connectivity index (χ2n) is 9.06. The van der Waals surface area contributed by atoms with Crippen LogP contribution in [0.4, 0.5) is 0 Å². The zero-order valence-electron chi connectivity index (χ0n) is 17.1. The largest absolute Gasteiger partial charge is 0.508 e. The van der Waals surface area contributed by atoms with Gasteiger partial charge in [0.1, 0.15) is 28.8 Å². The number of carbonyl (C=O) groups excluding carboxylic acids is 1. The van der Waals surface area contributed by atoms with E-state index in [4.69, 9.17) is 0 Å². The highest BCUT2D eigenvalue weighted by atomic mass is 16.3. The van der Waals surface area contributed by atoms with E-state index in [0.717, 1.165) is 38.5 Å². The van der Waals surface area contributed by atoms with Crippen LogP contribution in [0.3, 0.4) is 0 Å². The quantitative estimate of drug-likeness (QED) is 0.472. The van der Waals surface area contributed by atoms with Gasteiger partial charge in [-0.2, -0.15) is 0 Å². The van der Waals surface area contributed by atoms with Crippen molar-refractivity contribution in [2.24, 2.45) is 11.8 Å². The molecule has 0 radical (unpaired) electrons. The number of ketones is 1. The first-order chi connectivity index (χ1) is 14.4. The van der Waals surface area contributed by atoms with Gasteiger partial charge < -0.3 is 20.4 Å². The normalized spacial score (nSPS) is 18.9. The Morgan fingerprint density at radius 2 is 1.13 bits per heavy atom. The summed E-state index contributed by atoms with van der Waals surface area (Å²) in [6, 6.07) is 8.88. The van der Waals surface area contributed by atoms with Gasteiger partial charge in [0.05, 0.1) is 0 Å². The first kappa shape index (κ1) is 20.6. The second kappa shape index (κ2) is 8.58. The van der Waals surface area contributed by atoms with Crippen molar-refractivity contribution in [3.8, 4) is 23.0 Å². The topological polar surface area (TPSA) is 98.0 Å². The minimum Gasteiger partial charge on any atom is -0.508 e. The molecule has 0 saturated heterocycles. The number of Topliss-reactive ketones (excluding diaryl/α,β-unsaturated/α-hetero) is 1. The summed E-state index contributed by atoms with van der Waals surface area (Å²) in [4.78, 5) is 13.9. The number of hydrogen-bond donors (Lipinski definition) is 4. The van der Waals surface area contributed by atoms with E-state index >= 15 is 0 Å². The second-order valence-corrected chi connectivity index (χ2v) is 9.06. The molecular formula is C25H30O5. The number of phenols is 4. The molecule has 0 bridgehead atoms. The Labute approximate surface area is 177 Å². The van der Waals surface area contributed by atoms with Crippen LogP contribution < -0.4 is 0 Å². The molecule has 0 amide bonds. The maximum Gasteiger partial charge on any atom is 0.148 e. The van der Waals surface area contributed by atoms with E-state index in [2.05, 4.69) is 0 Å². The van der Waals surface area contributed by atoms with Crippen molar-refractivity contribution in [2.45, 2.75) is 63.2 Å². The van der Waals surface area contributed by atoms with Crippen molar-refractivity contribution in [3.63, 3.8) is 0 Å². The summed E-state index contributed by atoms with van der Waals surface area (Å²) in [7, 11) is 0. The van der Waals surface area contributed by atoms with E-state index in [1.54, 1.807) is 12.1 Å². The third-order valence-corrected chi connectivity index (χ3v) is 7.05. The van der Waals surface area contributed by atoms with Gasteiger partial charge in [0.15, 0.2) is 0 Å². The van der Waals surface area contributed by atoms with Crippen LogP contribution in [-0.4, -0.2) is 26.2 Å². The molecule has 4 rings (SSSR count). The fourth-order valence-corrected chi connectivity index (χ4v) is 4.81. The minimum absolute atomic E-state index is 0.00391. The van der Waals surface area contributed by atoms with Gasteiger partial charge in [-0.1, -0.05) is 50.7 Å². The Morgan fingerprint density at radius 3 is 1.43 bits per heavy atom. The summed E-state index contributed by atoms with van der Waals surface area (Å²) in [5.41, 5.74) is 1.09. The SMILES string of the molecule is O=C(C(CC1CCC1)c1ccc(O)cc1O)C(CC1CCC1)c1ccc(O)cc1O. The molecule has 4 N–H and O–H groups in total. The Morgan fingerprint density at radius 1 is 0.733 bits per heavy atom. The first-order valence-electron chi connectivity index (χ1n) is 11.0. The molecule has 2 atom stereocenters. The van der Waals surface area contributed by atoms with Gasteiger partial charge >= 0.3 is 0 Å². The highest BCUT2D eigenvalue weighted by Crippen LogP contribution is 2.46. The van der Waals surface area contributed by atoms with E-state index in [1.165, 1.54) is 24.3 Å². The molecule has 2 aromatic rings. The molecule has 2 saturated carbocycles. The summed E-state index contributed by atoms with van der Waals surface area (Å²) in [6.07, 6.45) is 7.99. The molecule has 2 aliphatic carbocycles. The lowest BCUT2D eigenvalue weighted by Crippen LogP contribution is -2.28. The monoisotopic (exact) mass is 410 g/mol. The van der Waals surface area contributed by atoms with Crippen LogP contribution in [-0.2, 0) is 4.79 Å². The average Bonchev–Trinajstić information content (AvgIpc) is 2.62. The van der Waals surface area contributed by atoms with Crippen molar-refractivity contribution in [3.05, 3.63) is 47.5 Å². The lowest BCUT2D eigenvalue weighted by molar-refractivity contribution is -0.123. The molecule has 160 valence electrons. The number of carbonyl (C=O) groups is 1. The zero-order chi connectivity index (χ0) is 21.3. The van der Waals surface area contributed by atoms with Crippen molar-refractivity contribution in [1.29, 1.82) is 0 Å². The number of benzene rings is 2. The van der Waals surface area contributed by atoms with Crippen LogP contribution in [0.15, 0.2) is 36.4 Å². The molecule has 0 heterocycles. The summed E-state index contributed by atoms with van der Waals surface area (Å²) in [5, 5.41) is 40.4. The summed E-state index contributed by atoms with van der Waals surface area (Å²) >= 11 is 0. The molecule has 2 fully saturated rings. The van der Waals surface area contributed by atoms with Crippen LogP contribution in [0.25, 0.3) is 0 Å². The maximum atomic E-state index is 13.9. The maximum absolute atomic E-state index is 13.9. The van der Waals surface area contributed by atoms with E-state index < -0.39 is 11.8 Å². The third kappa shape index (κ3) is 4.25. The van der Waals surface area contributed by atoms with Gasteiger partial charge in [-0.3, -0.25) is 4.79 Å². The van der Waals surface area contributed by atoms with Crippen molar-refractivity contribution in [1.82, 2.24) is 0 Å². The Bertz CT molecular complexity index is 840. The molecule has 5 nitrogen and oxygen atoms in total. The minimum atomic E-state index is -0.492. The predicted octanol–water partition coefficient (Wildman–Crippen LogP) is 5.33. The number of rotatable bonds is 8. The smallest absolute Gasteiger partial charge is 0.148 e. The van der Waals surface area contributed by atoms with Crippen LogP contribution in [0.5, 0.6) is 23.0 Å². The fraction of sp³-hybridized carbons (Fsp3) is 0.480. The van der Waals surface area contributed by atoms with Crippen molar-refractivity contribution in [2.75, 3.05) is 0 Å². The molecule has 0 aromatic heterocycles. The van der Waals surface area contributed by atoms with Crippen LogP contribution in [0.2, 0.25) is 0 Å². The van der Waals surface area contributed by atoms with Crippen molar-refractivity contribution < 1.29 is 25.2 Å². The standard InChI is InChI=1S/C25H30O5/c26-17-7-9-19(23(28)13-17)21(11-15-3-1-4-15)25(30)22(12-16-5-2-6-16)20-10-8-18(27)14-24(20)29/h7-10,13-16,21-22,26-29H,1-6,11-12H2. The van der Waals surface area contributed by atoms with Crippen LogP contribution >= 0.6 is 0 Å². The summed E-state index contributed by atoms with van der Waals surface area (Å²) in [6.45, 7) is 0. The molecule has 0 aliphatic heterocycles. The lowest BCUT2D eigenvalue weighted by atomic mass is 9.70. The van der Waals surface area contributed by atoms with Gasteiger partial charge in [0.2, 0.25) is 0 Å². The van der Waals surface area contributed by atoms with Crippen LogP contribution in [0, 0.1) is 11.8 Å². The van der Waals surface area contributed by atoms with Gasteiger partial charge in [0.25, 0.3) is 0 Å². The Balaban J connectivity index is 1.70. The summed E-state index contributed by atoms with van der Waals surface area (Å²) in [5.74, 6) is -0.287. The van der Waals surface area contributed by atoms with Gasteiger partial charge in [-0.15, -0.1) is 0 Å². The number of phenolic OH excluding ortho intramolecular Hbond substituents is 4. The number of hydrogen-bond acceptors (Lipinski definition) is 5. The average molecular weight is 411 g/mol. The van der Waals surface area contributed by atoms with E-state index in [0.29, 0.717) is 35.8 Å². The molecular weight excluding hydrogens is 380 g/mol. The highest BCUT2D eigenvalue weighted by molar-refractivity contribution is 5.93. The predicted molar refractivity (Wildman–Crippen MR) is 114 cm³/mol. The number of aromatic hydroxyl groups is 4. The van der Waals surface area contributed by atoms with E-state index in [-0.39, 0.29) is 28.8 Å². The molecule has 2 aromatic carbocycles. The van der Waals surface area contributed by atoms with Gasteiger partial charge in [-0.05, 0) is 36.8 Å². The Kier molecular flexibility index (Phi) is 5.89. The fourth-order valence-electron chi connectivity index (χ4n) is 4.81. The van der Waals surface area contributed by atoms with Gasteiger partial charge in [-0.25, -0.2) is 0 Å². The molecule has 2 unspecified atom stereocenters. The first-order valence-corrected chi connectivity index (χ1v) is 11.0. The van der Waals surface area contributed by atoms with E-state index in [1.807, 2.05) is 0 Å². The van der Waals surface area contributed by atoms with E-state index in [9.17, 15) is 25.2 Å².